The Labute approximate surface area is 171 Å². The van der Waals surface area contributed by atoms with Crippen LogP contribution < -0.4 is 0 Å². The van der Waals surface area contributed by atoms with E-state index in [-0.39, 0.29) is 17.4 Å². The summed E-state index contributed by atoms with van der Waals surface area (Å²) in [6.45, 7) is 2.33. The predicted molar refractivity (Wildman–Crippen MR) is 110 cm³/mol. The highest BCUT2D eigenvalue weighted by molar-refractivity contribution is 7.89. The predicted octanol–water partition coefficient (Wildman–Crippen LogP) is 4.66. The first-order chi connectivity index (χ1) is 13.3. The number of nitrogens with zero attached hydrogens (tertiary/aromatic N) is 1. The van der Waals surface area contributed by atoms with Gasteiger partial charge in [0.05, 0.1) is 4.90 Å². The van der Waals surface area contributed by atoms with Gasteiger partial charge in [-0.15, -0.1) is 0 Å². The Kier molecular flexibility index (Phi) is 6.43. The topological polar surface area (TPSA) is 74.7 Å². The third-order valence-corrected chi connectivity index (χ3v) is 7.37. The first-order valence-electron chi connectivity index (χ1n) is 9.43. The summed E-state index contributed by atoms with van der Waals surface area (Å²) in [5.41, 5.74) is 1.80. The molecule has 1 unspecified atom stereocenters. The second-order valence-electron chi connectivity index (χ2n) is 7.20. The standard InChI is InChI=1S/C21H24ClNO4S/c1-2-3-4-15-13-20(21(24)25)23(14-15)28(26,27)19-11-7-17(8-12-19)16-5-9-18(22)10-6-16/h5-12,15,20H,2-4,13-14H2,1H3,(H,24,25)/t15?,20-/m1/s1. The number of hydrogen-bond donors (Lipinski definition) is 1. The summed E-state index contributed by atoms with van der Waals surface area (Å²) in [5.74, 6) is -0.996. The fourth-order valence-electron chi connectivity index (χ4n) is 3.68. The molecule has 28 heavy (non-hydrogen) atoms. The van der Waals surface area contributed by atoms with Crippen molar-refractivity contribution in [2.75, 3.05) is 6.54 Å². The quantitative estimate of drug-likeness (QED) is 0.705. The number of carboxylic acid groups (broad SMARTS) is 1. The Morgan fingerprint density at radius 1 is 1.11 bits per heavy atom. The molecule has 0 saturated carbocycles. The monoisotopic (exact) mass is 421 g/mol. The molecule has 2 aromatic carbocycles. The molecule has 1 aliphatic heterocycles. The molecule has 2 aromatic rings. The SMILES string of the molecule is CCCCC1C[C@H](C(=O)O)N(S(=O)(=O)c2ccc(-c3ccc(Cl)cc3)cc2)C1. The molecule has 0 spiro atoms. The maximum Gasteiger partial charge on any atom is 0.322 e. The number of benzene rings is 2. The lowest BCUT2D eigenvalue weighted by Crippen LogP contribution is -2.40. The molecule has 150 valence electrons. The van der Waals surface area contributed by atoms with E-state index in [0.717, 1.165) is 34.7 Å². The van der Waals surface area contributed by atoms with Gasteiger partial charge < -0.3 is 5.11 Å². The zero-order chi connectivity index (χ0) is 20.3. The summed E-state index contributed by atoms with van der Waals surface area (Å²) >= 11 is 5.91. The summed E-state index contributed by atoms with van der Waals surface area (Å²) in [5, 5.41) is 10.2. The van der Waals surface area contributed by atoms with Gasteiger partial charge in [-0.3, -0.25) is 4.79 Å². The average Bonchev–Trinajstić information content (AvgIpc) is 3.13. The van der Waals surface area contributed by atoms with E-state index in [9.17, 15) is 18.3 Å². The van der Waals surface area contributed by atoms with Crippen LogP contribution in [0, 0.1) is 5.92 Å². The van der Waals surface area contributed by atoms with Crippen LogP contribution in [0.15, 0.2) is 53.4 Å². The van der Waals surface area contributed by atoms with Gasteiger partial charge >= 0.3 is 5.97 Å². The third-order valence-electron chi connectivity index (χ3n) is 5.23. The molecular weight excluding hydrogens is 398 g/mol. The zero-order valence-corrected chi connectivity index (χ0v) is 17.3. The molecule has 7 heteroatoms. The third kappa shape index (κ3) is 4.40. The van der Waals surface area contributed by atoms with Crippen molar-refractivity contribution in [3.63, 3.8) is 0 Å². The van der Waals surface area contributed by atoms with E-state index in [1.54, 1.807) is 24.3 Å². The Morgan fingerprint density at radius 2 is 1.68 bits per heavy atom. The van der Waals surface area contributed by atoms with Crippen molar-refractivity contribution >= 4 is 27.6 Å². The Hall–Kier alpha value is -1.89. The highest BCUT2D eigenvalue weighted by atomic mass is 35.5. The second kappa shape index (κ2) is 8.64. The van der Waals surface area contributed by atoms with E-state index in [4.69, 9.17) is 11.6 Å². The van der Waals surface area contributed by atoms with Crippen LogP contribution in [-0.4, -0.2) is 36.4 Å². The number of sulfonamides is 1. The molecule has 5 nitrogen and oxygen atoms in total. The lowest BCUT2D eigenvalue weighted by molar-refractivity contribution is -0.140. The molecule has 1 saturated heterocycles. The zero-order valence-electron chi connectivity index (χ0n) is 15.7. The first-order valence-corrected chi connectivity index (χ1v) is 11.3. The highest BCUT2D eigenvalue weighted by Crippen LogP contribution is 2.33. The summed E-state index contributed by atoms with van der Waals surface area (Å²) in [6, 6.07) is 12.8. The van der Waals surface area contributed by atoms with Crippen molar-refractivity contribution in [3.05, 3.63) is 53.6 Å². The Bertz CT molecular complexity index is 926. The molecule has 0 bridgehead atoms. The fourth-order valence-corrected chi connectivity index (χ4v) is 5.47. The minimum Gasteiger partial charge on any atom is -0.480 e. The van der Waals surface area contributed by atoms with E-state index in [2.05, 4.69) is 6.92 Å². The molecule has 1 heterocycles. The molecular formula is C21H24ClNO4S. The molecule has 0 aliphatic carbocycles. The summed E-state index contributed by atoms with van der Waals surface area (Å²) in [7, 11) is -3.87. The number of hydrogen-bond acceptors (Lipinski definition) is 3. The molecule has 1 aliphatic rings. The van der Waals surface area contributed by atoms with Crippen molar-refractivity contribution in [1.82, 2.24) is 4.31 Å². The molecule has 0 radical (unpaired) electrons. The van der Waals surface area contributed by atoms with Gasteiger partial charge in [0.25, 0.3) is 0 Å². The molecule has 3 rings (SSSR count). The van der Waals surface area contributed by atoms with E-state index in [1.165, 1.54) is 12.1 Å². The minimum absolute atomic E-state index is 0.0872. The number of aliphatic carboxylic acids is 1. The van der Waals surface area contributed by atoms with Crippen molar-refractivity contribution in [2.24, 2.45) is 5.92 Å². The smallest absolute Gasteiger partial charge is 0.322 e. The van der Waals surface area contributed by atoms with Gasteiger partial charge in [0.15, 0.2) is 0 Å². The maximum absolute atomic E-state index is 13.1. The minimum atomic E-state index is -3.87. The summed E-state index contributed by atoms with van der Waals surface area (Å²) in [4.78, 5) is 11.8. The average molecular weight is 422 g/mol. The van der Waals surface area contributed by atoms with E-state index in [1.807, 2.05) is 12.1 Å². The molecule has 0 amide bonds. The molecule has 0 aromatic heterocycles. The van der Waals surface area contributed by atoms with Crippen LogP contribution in [0.2, 0.25) is 5.02 Å². The number of rotatable bonds is 7. The van der Waals surface area contributed by atoms with Gasteiger partial charge in [-0.05, 0) is 54.2 Å². The Balaban J connectivity index is 1.84. The van der Waals surface area contributed by atoms with Crippen molar-refractivity contribution in [2.45, 2.75) is 43.5 Å². The second-order valence-corrected chi connectivity index (χ2v) is 9.53. The normalized spacial score (nSPS) is 20.4. The lowest BCUT2D eigenvalue weighted by atomic mass is 9.99. The molecule has 2 atom stereocenters. The summed E-state index contributed by atoms with van der Waals surface area (Å²) in [6.07, 6.45) is 3.20. The van der Waals surface area contributed by atoms with Gasteiger partial charge in [0.2, 0.25) is 10.0 Å². The number of halogens is 1. The fraction of sp³-hybridized carbons (Fsp3) is 0.381. The Morgan fingerprint density at radius 3 is 2.21 bits per heavy atom. The largest absolute Gasteiger partial charge is 0.480 e. The van der Waals surface area contributed by atoms with Gasteiger partial charge in [0, 0.05) is 11.6 Å². The number of carbonyl (C=O) groups is 1. The first kappa shape index (κ1) is 20.8. The molecule has 1 fully saturated rings. The van der Waals surface area contributed by atoms with Crippen LogP contribution >= 0.6 is 11.6 Å². The van der Waals surface area contributed by atoms with E-state index in [0.29, 0.717) is 11.4 Å². The van der Waals surface area contributed by atoms with E-state index >= 15 is 0 Å². The van der Waals surface area contributed by atoms with Gasteiger partial charge in [-0.1, -0.05) is 55.6 Å². The lowest BCUT2D eigenvalue weighted by Gasteiger charge is -2.21. The summed E-state index contributed by atoms with van der Waals surface area (Å²) < 4.78 is 27.4. The molecule has 1 N–H and O–H groups in total. The van der Waals surface area contributed by atoms with Crippen molar-refractivity contribution in [3.8, 4) is 11.1 Å². The van der Waals surface area contributed by atoms with Crippen molar-refractivity contribution in [1.29, 1.82) is 0 Å². The van der Waals surface area contributed by atoms with Gasteiger partial charge in [-0.2, -0.15) is 4.31 Å². The van der Waals surface area contributed by atoms with Gasteiger partial charge in [0.1, 0.15) is 6.04 Å². The van der Waals surface area contributed by atoms with Crippen molar-refractivity contribution < 1.29 is 18.3 Å². The maximum atomic E-state index is 13.1. The number of unbranched alkanes of at least 4 members (excludes halogenated alkanes) is 1. The van der Waals surface area contributed by atoms with Crippen LogP contribution in [0.25, 0.3) is 11.1 Å². The van der Waals surface area contributed by atoms with Gasteiger partial charge in [-0.25, -0.2) is 8.42 Å². The van der Waals surface area contributed by atoms with Crippen LogP contribution in [0.4, 0.5) is 0 Å². The van der Waals surface area contributed by atoms with E-state index < -0.39 is 22.0 Å². The van der Waals surface area contributed by atoms with Crippen LogP contribution in [0.1, 0.15) is 32.6 Å². The number of carboxylic acids is 1. The van der Waals surface area contributed by atoms with Crippen LogP contribution in [-0.2, 0) is 14.8 Å². The van der Waals surface area contributed by atoms with Crippen LogP contribution in [0.5, 0.6) is 0 Å². The van der Waals surface area contributed by atoms with Crippen LogP contribution in [0.3, 0.4) is 0 Å². The highest BCUT2D eigenvalue weighted by Gasteiger charge is 2.43.